The fraction of sp³-hybridized carbons (Fsp3) is 0.714. The van der Waals surface area contributed by atoms with Gasteiger partial charge in [-0.05, 0) is 23.8 Å². The molecular formula is C7H12N4O2. The first-order valence-corrected chi connectivity index (χ1v) is 4.16. The van der Waals surface area contributed by atoms with Crippen LogP contribution >= 0.6 is 0 Å². The van der Waals surface area contributed by atoms with Gasteiger partial charge in [-0.3, -0.25) is 0 Å². The van der Waals surface area contributed by atoms with E-state index in [2.05, 4.69) is 15.5 Å². The topological polar surface area (TPSA) is 80.9 Å². The van der Waals surface area contributed by atoms with Crippen molar-refractivity contribution in [2.24, 2.45) is 0 Å². The molecule has 0 saturated heterocycles. The maximum absolute atomic E-state index is 10.6. The lowest BCUT2D eigenvalue weighted by atomic mass is 10.3. The van der Waals surface area contributed by atoms with Crippen LogP contribution in [0.4, 0.5) is 0 Å². The lowest BCUT2D eigenvalue weighted by Gasteiger charge is -2.07. The molecule has 0 bridgehead atoms. The second-order valence-corrected chi connectivity index (χ2v) is 2.80. The highest BCUT2D eigenvalue weighted by atomic mass is 16.4. The number of nitrogens with zero attached hydrogens (tertiary/aromatic N) is 4. The Morgan fingerprint density at radius 2 is 2.38 bits per heavy atom. The highest BCUT2D eigenvalue weighted by Gasteiger charge is 2.18. The zero-order valence-corrected chi connectivity index (χ0v) is 7.64. The van der Waals surface area contributed by atoms with E-state index in [1.807, 2.05) is 6.92 Å². The molecule has 72 valence electrons. The van der Waals surface area contributed by atoms with Crippen LogP contribution in [-0.2, 0) is 11.2 Å². The van der Waals surface area contributed by atoms with E-state index < -0.39 is 12.0 Å². The molecule has 1 aromatic rings. The molecule has 0 amide bonds. The third-order valence-corrected chi connectivity index (χ3v) is 1.76. The van der Waals surface area contributed by atoms with E-state index in [0.717, 1.165) is 6.42 Å². The molecule has 1 rings (SSSR count). The second-order valence-electron chi connectivity index (χ2n) is 2.80. The van der Waals surface area contributed by atoms with Crippen LogP contribution in [0, 0.1) is 0 Å². The SMILES string of the molecule is CCCc1nnnn1C(C)C(=O)O. The van der Waals surface area contributed by atoms with Crippen LogP contribution in [-0.4, -0.2) is 31.3 Å². The standard InChI is InChI=1S/C7H12N4O2/c1-3-4-6-8-9-10-11(6)5(2)7(12)13/h5H,3-4H2,1-2H3,(H,12,13). The zero-order valence-electron chi connectivity index (χ0n) is 7.64. The Bertz CT molecular complexity index is 296. The predicted molar refractivity (Wildman–Crippen MR) is 44.2 cm³/mol. The third-order valence-electron chi connectivity index (χ3n) is 1.76. The molecule has 13 heavy (non-hydrogen) atoms. The predicted octanol–water partition coefficient (Wildman–Crippen LogP) is 0.271. The fourth-order valence-corrected chi connectivity index (χ4v) is 1.01. The number of hydrogen-bond acceptors (Lipinski definition) is 4. The molecule has 1 aromatic heterocycles. The minimum Gasteiger partial charge on any atom is -0.480 e. The number of hydrogen-bond donors (Lipinski definition) is 1. The van der Waals surface area contributed by atoms with Gasteiger partial charge in [0.15, 0.2) is 5.82 Å². The normalized spacial score (nSPS) is 12.8. The van der Waals surface area contributed by atoms with Gasteiger partial charge in [0, 0.05) is 6.42 Å². The molecule has 0 aliphatic heterocycles. The highest BCUT2D eigenvalue weighted by molar-refractivity contribution is 5.71. The lowest BCUT2D eigenvalue weighted by Crippen LogP contribution is -2.19. The highest BCUT2D eigenvalue weighted by Crippen LogP contribution is 2.06. The molecule has 1 atom stereocenters. The van der Waals surface area contributed by atoms with Crippen molar-refractivity contribution in [2.75, 3.05) is 0 Å². The summed E-state index contributed by atoms with van der Waals surface area (Å²) in [4.78, 5) is 10.6. The molecule has 1 heterocycles. The largest absolute Gasteiger partial charge is 0.480 e. The molecule has 6 heteroatoms. The van der Waals surface area contributed by atoms with Gasteiger partial charge in [-0.1, -0.05) is 6.92 Å². The van der Waals surface area contributed by atoms with Crippen LogP contribution < -0.4 is 0 Å². The van der Waals surface area contributed by atoms with Crippen molar-refractivity contribution in [3.8, 4) is 0 Å². The number of rotatable bonds is 4. The van der Waals surface area contributed by atoms with Crippen LogP contribution in [0.15, 0.2) is 0 Å². The first-order chi connectivity index (χ1) is 6.16. The Morgan fingerprint density at radius 3 is 2.92 bits per heavy atom. The maximum Gasteiger partial charge on any atom is 0.328 e. The van der Waals surface area contributed by atoms with Gasteiger partial charge in [-0.25, -0.2) is 9.48 Å². The molecule has 6 nitrogen and oxygen atoms in total. The number of carbonyl (C=O) groups is 1. The van der Waals surface area contributed by atoms with Gasteiger partial charge in [-0.2, -0.15) is 0 Å². The van der Waals surface area contributed by atoms with Gasteiger partial charge in [0.05, 0.1) is 0 Å². The summed E-state index contributed by atoms with van der Waals surface area (Å²) in [7, 11) is 0. The molecule has 0 aliphatic rings. The summed E-state index contributed by atoms with van der Waals surface area (Å²) in [5.74, 6) is -0.304. The number of carboxylic acids is 1. The van der Waals surface area contributed by atoms with Gasteiger partial charge < -0.3 is 5.11 Å². The molecule has 0 fully saturated rings. The van der Waals surface area contributed by atoms with E-state index >= 15 is 0 Å². The van der Waals surface area contributed by atoms with Crippen molar-refractivity contribution < 1.29 is 9.90 Å². The number of aliphatic carboxylic acids is 1. The maximum atomic E-state index is 10.6. The van der Waals surface area contributed by atoms with Crippen molar-refractivity contribution in [1.29, 1.82) is 0 Å². The summed E-state index contributed by atoms with van der Waals surface area (Å²) in [6.45, 7) is 3.54. The first kappa shape index (κ1) is 9.63. The molecule has 0 radical (unpaired) electrons. The molecule has 1 unspecified atom stereocenters. The fourth-order valence-electron chi connectivity index (χ4n) is 1.01. The summed E-state index contributed by atoms with van der Waals surface area (Å²) < 4.78 is 1.34. The van der Waals surface area contributed by atoms with Crippen molar-refractivity contribution in [3.63, 3.8) is 0 Å². The van der Waals surface area contributed by atoms with Gasteiger partial charge >= 0.3 is 5.97 Å². The number of tetrazole rings is 1. The van der Waals surface area contributed by atoms with Crippen LogP contribution in [0.5, 0.6) is 0 Å². The van der Waals surface area contributed by atoms with Crippen LogP contribution in [0.1, 0.15) is 32.1 Å². The van der Waals surface area contributed by atoms with Crippen LogP contribution in [0.25, 0.3) is 0 Å². The monoisotopic (exact) mass is 184 g/mol. The molecule has 0 saturated carbocycles. The quantitative estimate of drug-likeness (QED) is 0.726. The van der Waals surface area contributed by atoms with Gasteiger partial charge in [0.2, 0.25) is 0 Å². The Balaban J connectivity index is 2.86. The first-order valence-electron chi connectivity index (χ1n) is 4.16. The summed E-state index contributed by atoms with van der Waals surface area (Å²) >= 11 is 0. The number of carboxylic acid groups (broad SMARTS) is 1. The van der Waals surface area contributed by atoms with Crippen LogP contribution in [0.3, 0.4) is 0 Å². The summed E-state index contributed by atoms with van der Waals surface area (Å²) in [6.07, 6.45) is 1.59. The van der Waals surface area contributed by atoms with Crippen molar-refractivity contribution >= 4 is 5.97 Å². The Hall–Kier alpha value is -1.46. The molecular weight excluding hydrogens is 172 g/mol. The minimum atomic E-state index is -0.926. The van der Waals surface area contributed by atoms with E-state index in [1.165, 1.54) is 4.68 Å². The van der Waals surface area contributed by atoms with E-state index in [1.54, 1.807) is 6.92 Å². The van der Waals surface area contributed by atoms with Gasteiger partial charge in [0.25, 0.3) is 0 Å². The molecule has 0 aliphatic carbocycles. The van der Waals surface area contributed by atoms with Crippen molar-refractivity contribution in [2.45, 2.75) is 32.7 Å². The molecule has 0 aromatic carbocycles. The van der Waals surface area contributed by atoms with E-state index in [0.29, 0.717) is 12.2 Å². The average molecular weight is 184 g/mol. The number of aromatic nitrogens is 4. The summed E-state index contributed by atoms with van der Waals surface area (Å²) in [5.41, 5.74) is 0. The van der Waals surface area contributed by atoms with Crippen LogP contribution in [0.2, 0.25) is 0 Å². The van der Waals surface area contributed by atoms with Gasteiger partial charge in [0.1, 0.15) is 6.04 Å². The summed E-state index contributed by atoms with van der Waals surface area (Å²) in [6, 6.07) is -0.698. The Morgan fingerprint density at radius 1 is 1.69 bits per heavy atom. The van der Waals surface area contributed by atoms with E-state index in [-0.39, 0.29) is 0 Å². The second kappa shape index (κ2) is 3.97. The Labute approximate surface area is 75.6 Å². The number of aryl methyl sites for hydroxylation is 1. The smallest absolute Gasteiger partial charge is 0.328 e. The zero-order chi connectivity index (χ0) is 9.84. The molecule has 0 spiro atoms. The minimum absolute atomic E-state index is 0.623. The lowest BCUT2D eigenvalue weighted by molar-refractivity contribution is -0.140. The Kier molecular flexibility index (Phi) is 2.94. The average Bonchev–Trinajstić information content (AvgIpc) is 2.52. The third kappa shape index (κ3) is 2.01. The van der Waals surface area contributed by atoms with Crippen molar-refractivity contribution in [3.05, 3.63) is 5.82 Å². The van der Waals surface area contributed by atoms with Gasteiger partial charge in [-0.15, -0.1) is 5.10 Å². The summed E-state index contributed by atoms with van der Waals surface area (Å²) in [5, 5.41) is 19.6. The van der Waals surface area contributed by atoms with E-state index in [9.17, 15) is 4.79 Å². The van der Waals surface area contributed by atoms with E-state index in [4.69, 9.17) is 5.11 Å². The molecule has 1 N–H and O–H groups in total. The van der Waals surface area contributed by atoms with Crippen molar-refractivity contribution in [1.82, 2.24) is 20.2 Å².